The van der Waals surface area contributed by atoms with Gasteiger partial charge in [-0.25, -0.2) is 4.79 Å². The standard InChI is InChI=1S/C17H21NO5S/c1-3-6-10-9-13(17(22)23-2)15(24-10)18-14(19)11-7-4-5-8-12(11)16(20)21/h4-5,9,11-12H,3,6-8H2,1-2H3,(H,18,19)(H,20,21)/p-1/t11-,12-/m0/s1. The number of amides is 1. The number of esters is 1. The summed E-state index contributed by atoms with van der Waals surface area (Å²) in [6, 6.07) is 1.71. The fourth-order valence-corrected chi connectivity index (χ4v) is 3.88. The van der Waals surface area contributed by atoms with E-state index in [2.05, 4.69) is 5.32 Å². The summed E-state index contributed by atoms with van der Waals surface area (Å²) in [5, 5.41) is 14.4. The third kappa shape index (κ3) is 4.03. The molecule has 0 radical (unpaired) electrons. The number of carbonyl (C=O) groups excluding carboxylic acids is 3. The maximum atomic E-state index is 12.5. The van der Waals surface area contributed by atoms with Crippen LogP contribution in [0.15, 0.2) is 18.2 Å². The van der Waals surface area contributed by atoms with Crippen molar-refractivity contribution in [2.24, 2.45) is 11.8 Å². The molecule has 1 N–H and O–H groups in total. The number of rotatable bonds is 6. The first-order valence-electron chi connectivity index (χ1n) is 7.85. The van der Waals surface area contributed by atoms with Crippen molar-refractivity contribution in [3.63, 3.8) is 0 Å². The van der Waals surface area contributed by atoms with Gasteiger partial charge >= 0.3 is 5.97 Å². The molecule has 0 aliphatic heterocycles. The van der Waals surface area contributed by atoms with E-state index in [1.165, 1.54) is 18.4 Å². The molecule has 1 aliphatic carbocycles. The molecule has 1 heterocycles. The van der Waals surface area contributed by atoms with Crippen LogP contribution in [-0.4, -0.2) is 25.0 Å². The number of carbonyl (C=O) groups is 3. The Morgan fingerprint density at radius 1 is 1.29 bits per heavy atom. The van der Waals surface area contributed by atoms with Crippen LogP contribution in [0.5, 0.6) is 0 Å². The molecule has 130 valence electrons. The number of carboxylic acid groups (broad SMARTS) is 1. The number of aliphatic carboxylic acids is 1. The van der Waals surface area contributed by atoms with Crippen LogP contribution in [0.3, 0.4) is 0 Å². The first kappa shape index (κ1) is 18.2. The average Bonchev–Trinajstić information content (AvgIpc) is 2.96. The summed E-state index contributed by atoms with van der Waals surface area (Å²) >= 11 is 1.32. The minimum Gasteiger partial charge on any atom is -0.550 e. The van der Waals surface area contributed by atoms with E-state index < -0.39 is 29.7 Å². The third-order valence-electron chi connectivity index (χ3n) is 3.99. The van der Waals surface area contributed by atoms with Crippen LogP contribution in [0.4, 0.5) is 5.00 Å². The maximum absolute atomic E-state index is 12.5. The Bertz CT molecular complexity index is 664. The van der Waals surface area contributed by atoms with Gasteiger partial charge in [0.25, 0.3) is 0 Å². The summed E-state index contributed by atoms with van der Waals surface area (Å²) in [6.07, 6.45) is 5.85. The van der Waals surface area contributed by atoms with Crippen LogP contribution in [0.2, 0.25) is 0 Å². The molecule has 1 aliphatic rings. The summed E-state index contributed by atoms with van der Waals surface area (Å²) in [5.74, 6) is -3.73. The summed E-state index contributed by atoms with van der Waals surface area (Å²) in [6.45, 7) is 2.02. The van der Waals surface area contributed by atoms with Crippen LogP contribution >= 0.6 is 11.3 Å². The lowest BCUT2D eigenvalue weighted by Crippen LogP contribution is -2.41. The highest BCUT2D eigenvalue weighted by Gasteiger charge is 2.31. The van der Waals surface area contributed by atoms with Gasteiger partial charge in [0.15, 0.2) is 0 Å². The number of methoxy groups -OCH3 is 1. The monoisotopic (exact) mass is 350 g/mol. The van der Waals surface area contributed by atoms with Crippen molar-refractivity contribution >= 4 is 34.2 Å². The number of hydrogen-bond acceptors (Lipinski definition) is 6. The fourth-order valence-electron chi connectivity index (χ4n) is 2.74. The normalized spacial score (nSPS) is 19.8. The lowest BCUT2D eigenvalue weighted by molar-refractivity contribution is -0.313. The molecular formula is C17H20NO5S-. The molecule has 1 aromatic rings. The van der Waals surface area contributed by atoms with Gasteiger partial charge in [0.2, 0.25) is 5.91 Å². The van der Waals surface area contributed by atoms with Gasteiger partial charge in [0, 0.05) is 16.8 Å². The topological polar surface area (TPSA) is 95.5 Å². The average molecular weight is 350 g/mol. The molecule has 0 unspecified atom stereocenters. The zero-order chi connectivity index (χ0) is 17.7. The SMILES string of the molecule is CCCc1cc(C(=O)OC)c(NC(=O)[C@H]2CC=CC[C@@H]2C(=O)[O-])s1. The van der Waals surface area contributed by atoms with E-state index in [1.807, 2.05) is 6.92 Å². The van der Waals surface area contributed by atoms with Crippen molar-refractivity contribution in [3.05, 3.63) is 28.7 Å². The van der Waals surface area contributed by atoms with E-state index >= 15 is 0 Å². The fraction of sp³-hybridized carbons (Fsp3) is 0.471. The van der Waals surface area contributed by atoms with Crippen LogP contribution < -0.4 is 10.4 Å². The zero-order valence-corrected chi connectivity index (χ0v) is 14.5. The van der Waals surface area contributed by atoms with Crippen molar-refractivity contribution in [1.29, 1.82) is 0 Å². The van der Waals surface area contributed by atoms with Crippen molar-refractivity contribution < 1.29 is 24.2 Å². The van der Waals surface area contributed by atoms with Gasteiger partial charge in [0.05, 0.1) is 18.6 Å². The van der Waals surface area contributed by atoms with E-state index in [4.69, 9.17) is 4.74 Å². The number of thiophene rings is 1. The highest BCUT2D eigenvalue weighted by molar-refractivity contribution is 7.16. The van der Waals surface area contributed by atoms with Crippen molar-refractivity contribution in [3.8, 4) is 0 Å². The Balaban J connectivity index is 2.22. The van der Waals surface area contributed by atoms with Gasteiger partial charge in [-0.2, -0.15) is 0 Å². The van der Waals surface area contributed by atoms with E-state index in [9.17, 15) is 19.5 Å². The van der Waals surface area contributed by atoms with Crippen molar-refractivity contribution in [1.82, 2.24) is 0 Å². The number of nitrogens with one attached hydrogen (secondary N) is 1. The van der Waals surface area contributed by atoms with Gasteiger partial charge in [-0.05, 0) is 25.3 Å². The maximum Gasteiger partial charge on any atom is 0.340 e. The van der Waals surface area contributed by atoms with Crippen molar-refractivity contribution in [2.75, 3.05) is 12.4 Å². The summed E-state index contributed by atoms with van der Waals surface area (Å²) in [7, 11) is 1.28. The van der Waals surface area contributed by atoms with Gasteiger partial charge in [-0.3, -0.25) is 4.79 Å². The Hall–Kier alpha value is -2.15. The third-order valence-corrected chi connectivity index (χ3v) is 5.10. The first-order valence-corrected chi connectivity index (χ1v) is 8.67. The molecule has 0 spiro atoms. The number of allylic oxidation sites excluding steroid dienone is 2. The number of ether oxygens (including phenoxy) is 1. The second-order valence-corrected chi connectivity index (χ2v) is 6.80. The van der Waals surface area contributed by atoms with Crippen LogP contribution in [0, 0.1) is 11.8 Å². The highest BCUT2D eigenvalue weighted by atomic mass is 32.1. The van der Waals surface area contributed by atoms with Crippen molar-refractivity contribution in [2.45, 2.75) is 32.6 Å². The molecule has 1 aromatic heterocycles. The molecule has 0 fully saturated rings. The molecule has 6 nitrogen and oxygen atoms in total. The Morgan fingerprint density at radius 2 is 1.96 bits per heavy atom. The van der Waals surface area contributed by atoms with E-state index in [0.717, 1.165) is 17.7 Å². The zero-order valence-electron chi connectivity index (χ0n) is 13.7. The molecule has 0 saturated carbocycles. The predicted octanol–water partition coefficient (Wildman–Crippen LogP) is 1.76. The van der Waals surface area contributed by atoms with Crippen LogP contribution in [0.1, 0.15) is 41.4 Å². The molecule has 1 amide bonds. The lowest BCUT2D eigenvalue weighted by Gasteiger charge is -2.28. The summed E-state index contributed by atoms with van der Waals surface area (Å²) in [5.41, 5.74) is 0.302. The van der Waals surface area contributed by atoms with E-state index in [0.29, 0.717) is 17.0 Å². The quantitative estimate of drug-likeness (QED) is 0.623. The van der Waals surface area contributed by atoms with Crippen LogP contribution in [-0.2, 0) is 20.7 Å². The smallest absolute Gasteiger partial charge is 0.340 e. The lowest BCUT2D eigenvalue weighted by atomic mass is 9.82. The largest absolute Gasteiger partial charge is 0.550 e. The Labute approximate surface area is 144 Å². The second kappa shape index (κ2) is 8.10. The Kier molecular flexibility index (Phi) is 6.14. The van der Waals surface area contributed by atoms with E-state index in [-0.39, 0.29) is 6.42 Å². The molecular weight excluding hydrogens is 330 g/mol. The number of aryl methyl sites for hydroxylation is 1. The molecule has 0 bridgehead atoms. The number of anilines is 1. The molecule has 2 atom stereocenters. The summed E-state index contributed by atoms with van der Waals surface area (Å²) in [4.78, 5) is 36.6. The Morgan fingerprint density at radius 3 is 2.54 bits per heavy atom. The number of carboxylic acids is 1. The van der Waals surface area contributed by atoms with Gasteiger partial charge in [-0.15, -0.1) is 11.3 Å². The summed E-state index contributed by atoms with van der Waals surface area (Å²) < 4.78 is 4.76. The van der Waals surface area contributed by atoms with E-state index in [1.54, 1.807) is 18.2 Å². The molecule has 7 heteroatoms. The molecule has 0 saturated heterocycles. The van der Waals surface area contributed by atoms with Gasteiger partial charge in [0.1, 0.15) is 5.00 Å². The minimum atomic E-state index is -1.23. The first-order chi connectivity index (χ1) is 11.5. The van der Waals surface area contributed by atoms with Gasteiger partial charge in [-0.1, -0.05) is 25.5 Å². The highest BCUT2D eigenvalue weighted by Crippen LogP contribution is 2.32. The molecule has 0 aromatic carbocycles. The molecule has 2 rings (SSSR count). The molecule has 24 heavy (non-hydrogen) atoms. The predicted molar refractivity (Wildman–Crippen MR) is 88.6 cm³/mol. The minimum absolute atomic E-state index is 0.274. The van der Waals surface area contributed by atoms with Crippen LogP contribution in [0.25, 0.3) is 0 Å². The number of hydrogen-bond donors (Lipinski definition) is 1. The second-order valence-electron chi connectivity index (χ2n) is 5.66. The van der Waals surface area contributed by atoms with Gasteiger partial charge < -0.3 is 20.0 Å².